The van der Waals surface area contributed by atoms with Crippen LogP contribution in [0.3, 0.4) is 0 Å². The van der Waals surface area contributed by atoms with Gasteiger partial charge in [0.15, 0.2) is 0 Å². The predicted molar refractivity (Wildman–Crippen MR) is 116 cm³/mol. The van der Waals surface area contributed by atoms with Crippen LogP contribution in [0.4, 0.5) is 0 Å². The van der Waals surface area contributed by atoms with Crippen LogP contribution < -0.4 is 0 Å². The van der Waals surface area contributed by atoms with Crippen LogP contribution in [0, 0.1) is 0 Å². The standard InChI is InChI=1S/C25H26N2O2/c1-26-15-16-27(18-24(26)21-7-3-2-4-8-21)17-19-11-13-20(14-12-19)22-9-5-6-10-23(22)25(28)29/h2-14,24H,15-18H2,1H3,(H,28,29). The number of likely N-dealkylation sites (N-methyl/N-ethyl adjacent to an activating group) is 1. The van der Waals surface area contributed by atoms with Crippen molar-refractivity contribution in [3.8, 4) is 11.1 Å². The van der Waals surface area contributed by atoms with Crippen molar-refractivity contribution in [1.82, 2.24) is 9.80 Å². The van der Waals surface area contributed by atoms with Crippen molar-refractivity contribution in [2.75, 3.05) is 26.7 Å². The lowest BCUT2D eigenvalue weighted by Crippen LogP contribution is -2.46. The van der Waals surface area contributed by atoms with Gasteiger partial charge >= 0.3 is 5.97 Å². The van der Waals surface area contributed by atoms with E-state index >= 15 is 0 Å². The fraction of sp³-hybridized carbons (Fsp3) is 0.240. The minimum Gasteiger partial charge on any atom is -0.478 e. The summed E-state index contributed by atoms with van der Waals surface area (Å²) >= 11 is 0. The highest BCUT2D eigenvalue weighted by atomic mass is 16.4. The minimum atomic E-state index is -0.894. The largest absolute Gasteiger partial charge is 0.478 e. The van der Waals surface area contributed by atoms with Crippen LogP contribution >= 0.6 is 0 Å². The van der Waals surface area contributed by atoms with Gasteiger partial charge in [-0.3, -0.25) is 9.80 Å². The predicted octanol–water partition coefficient (Wildman–Crippen LogP) is 4.54. The Bertz CT molecular complexity index is 970. The number of carboxylic acid groups (broad SMARTS) is 1. The van der Waals surface area contributed by atoms with Crippen molar-refractivity contribution >= 4 is 5.97 Å². The second-order valence-electron chi connectivity index (χ2n) is 7.69. The fourth-order valence-corrected chi connectivity index (χ4v) is 4.08. The number of carboxylic acids is 1. The van der Waals surface area contributed by atoms with Crippen molar-refractivity contribution in [3.63, 3.8) is 0 Å². The molecule has 4 heteroatoms. The van der Waals surface area contributed by atoms with E-state index in [1.165, 1.54) is 11.1 Å². The normalized spacial score (nSPS) is 17.9. The van der Waals surface area contributed by atoms with E-state index in [2.05, 4.69) is 59.3 Å². The molecule has 3 aromatic carbocycles. The van der Waals surface area contributed by atoms with Crippen molar-refractivity contribution in [1.29, 1.82) is 0 Å². The quantitative estimate of drug-likeness (QED) is 0.699. The topological polar surface area (TPSA) is 43.8 Å². The average molecular weight is 386 g/mol. The van der Waals surface area contributed by atoms with Gasteiger partial charge in [0.05, 0.1) is 5.56 Å². The third-order valence-electron chi connectivity index (χ3n) is 5.75. The summed E-state index contributed by atoms with van der Waals surface area (Å²) in [4.78, 5) is 16.4. The molecule has 3 aromatic rings. The number of rotatable bonds is 5. The van der Waals surface area contributed by atoms with Crippen LogP contribution in [-0.4, -0.2) is 47.6 Å². The number of aromatic carboxylic acids is 1. The van der Waals surface area contributed by atoms with Crippen molar-refractivity contribution in [3.05, 3.63) is 95.6 Å². The molecule has 29 heavy (non-hydrogen) atoms. The lowest BCUT2D eigenvalue weighted by atomic mass is 9.98. The Kier molecular flexibility index (Phi) is 5.74. The molecule has 0 radical (unpaired) electrons. The number of hydrogen-bond acceptors (Lipinski definition) is 3. The molecule has 0 bridgehead atoms. The zero-order valence-corrected chi connectivity index (χ0v) is 16.7. The molecule has 0 aliphatic carbocycles. The number of hydrogen-bond donors (Lipinski definition) is 1. The molecule has 0 saturated carbocycles. The highest BCUT2D eigenvalue weighted by Gasteiger charge is 2.25. The number of piperazine rings is 1. The summed E-state index contributed by atoms with van der Waals surface area (Å²) < 4.78 is 0. The van der Waals surface area contributed by atoms with Gasteiger partial charge in [0, 0.05) is 32.2 Å². The highest BCUT2D eigenvalue weighted by molar-refractivity contribution is 5.95. The lowest BCUT2D eigenvalue weighted by molar-refractivity contribution is 0.0697. The van der Waals surface area contributed by atoms with Gasteiger partial charge < -0.3 is 5.11 Å². The van der Waals surface area contributed by atoms with Gasteiger partial charge in [0.2, 0.25) is 0 Å². The molecule has 1 aliphatic heterocycles. The maximum absolute atomic E-state index is 11.5. The smallest absolute Gasteiger partial charge is 0.336 e. The van der Waals surface area contributed by atoms with Crippen LogP contribution in [0.2, 0.25) is 0 Å². The Balaban J connectivity index is 1.47. The molecule has 4 nitrogen and oxygen atoms in total. The first-order valence-corrected chi connectivity index (χ1v) is 10.0. The SMILES string of the molecule is CN1CCN(Cc2ccc(-c3ccccc3C(=O)O)cc2)CC1c1ccccc1. The van der Waals surface area contributed by atoms with Crippen LogP contribution in [0.25, 0.3) is 11.1 Å². The molecule has 4 rings (SSSR count). The molecule has 0 aromatic heterocycles. The average Bonchev–Trinajstić information content (AvgIpc) is 2.76. The summed E-state index contributed by atoms with van der Waals surface area (Å²) in [6.45, 7) is 4.00. The van der Waals surface area contributed by atoms with Gasteiger partial charge in [0.25, 0.3) is 0 Å². The summed E-state index contributed by atoms with van der Waals surface area (Å²) in [6.07, 6.45) is 0. The van der Waals surface area contributed by atoms with E-state index in [0.29, 0.717) is 11.6 Å². The van der Waals surface area contributed by atoms with Crippen molar-refractivity contribution in [2.45, 2.75) is 12.6 Å². The summed E-state index contributed by atoms with van der Waals surface area (Å²) in [5.74, 6) is -0.894. The first-order valence-electron chi connectivity index (χ1n) is 10.0. The van der Waals surface area contributed by atoms with Crippen LogP contribution in [0.5, 0.6) is 0 Å². The van der Waals surface area contributed by atoms with Crippen LogP contribution in [0.15, 0.2) is 78.9 Å². The van der Waals surface area contributed by atoms with E-state index in [1.807, 2.05) is 24.3 Å². The monoisotopic (exact) mass is 386 g/mol. The molecule has 1 N–H and O–H groups in total. The van der Waals surface area contributed by atoms with Gasteiger partial charge in [-0.1, -0.05) is 72.8 Å². The molecule has 1 atom stereocenters. The molecular formula is C25H26N2O2. The van der Waals surface area contributed by atoms with Crippen LogP contribution in [0.1, 0.15) is 27.5 Å². The van der Waals surface area contributed by atoms with E-state index in [4.69, 9.17) is 0 Å². The van der Waals surface area contributed by atoms with Gasteiger partial charge in [-0.2, -0.15) is 0 Å². The molecule has 1 heterocycles. The zero-order chi connectivity index (χ0) is 20.2. The second kappa shape index (κ2) is 8.60. The van der Waals surface area contributed by atoms with E-state index in [9.17, 15) is 9.90 Å². The summed E-state index contributed by atoms with van der Waals surface area (Å²) in [5.41, 5.74) is 4.64. The second-order valence-corrected chi connectivity index (χ2v) is 7.69. The number of nitrogens with zero attached hydrogens (tertiary/aromatic N) is 2. The first kappa shape index (κ1) is 19.4. The van der Waals surface area contributed by atoms with E-state index < -0.39 is 5.97 Å². The van der Waals surface area contributed by atoms with Gasteiger partial charge in [0.1, 0.15) is 0 Å². The Hall–Kier alpha value is -2.95. The Morgan fingerprint density at radius 1 is 0.931 bits per heavy atom. The number of carbonyl (C=O) groups is 1. The van der Waals surface area contributed by atoms with Crippen molar-refractivity contribution in [2.24, 2.45) is 0 Å². The summed E-state index contributed by atoms with van der Waals surface area (Å²) in [5, 5.41) is 9.43. The molecule has 148 valence electrons. The first-order chi connectivity index (χ1) is 14.1. The third-order valence-corrected chi connectivity index (χ3v) is 5.75. The minimum absolute atomic E-state index is 0.338. The van der Waals surface area contributed by atoms with E-state index in [-0.39, 0.29) is 0 Å². The number of benzene rings is 3. The molecule has 1 saturated heterocycles. The maximum Gasteiger partial charge on any atom is 0.336 e. The molecular weight excluding hydrogens is 360 g/mol. The van der Waals surface area contributed by atoms with Crippen LogP contribution in [-0.2, 0) is 6.54 Å². The van der Waals surface area contributed by atoms with E-state index in [1.54, 1.807) is 12.1 Å². The van der Waals surface area contributed by atoms with Gasteiger partial charge in [-0.05, 0) is 35.4 Å². The molecule has 0 spiro atoms. The molecule has 1 fully saturated rings. The fourth-order valence-electron chi connectivity index (χ4n) is 4.08. The van der Waals surface area contributed by atoms with Gasteiger partial charge in [-0.25, -0.2) is 4.79 Å². The Labute approximate surface area is 172 Å². The highest BCUT2D eigenvalue weighted by Crippen LogP contribution is 2.27. The molecule has 1 aliphatic rings. The summed E-state index contributed by atoms with van der Waals surface area (Å²) in [6, 6.07) is 26.5. The van der Waals surface area contributed by atoms with Gasteiger partial charge in [-0.15, -0.1) is 0 Å². The van der Waals surface area contributed by atoms with Crippen molar-refractivity contribution < 1.29 is 9.90 Å². The Morgan fingerprint density at radius 2 is 1.62 bits per heavy atom. The van der Waals surface area contributed by atoms with E-state index in [0.717, 1.165) is 37.3 Å². The Morgan fingerprint density at radius 3 is 2.34 bits per heavy atom. The maximum atomic E-state index is 11.5. The lowest BCUT2D eigenvalue weighted by Gasteiger charge is -2.39. The molecule has 1 unspecified atom stereocenters. The molecule has 0 amide bonds. The zero-order valence-electron chi connectivity index (χ0n) is 16.7. The third kappa shape index (κ3) is 4.39. The summed E-state index contributed by atoms with van der Waals surface area (Å²) in [7, 11) is 2.20.